The van der Waals surface area contributed by atoms with Crippen LogP contribution in [0, 0.1) is 5.92 Å². The summed E-state index contributed by atoms with van der Waals surface area (Å²) in [4.78, 5) is 16.5. The number of hydrogen-bond donors (Lipinski definition) is 1. The van der Waals surface area contributed by atoms with Crippen LogP contribution in [-0.4, -0.2) is 74.7 Å². The largest absolute Gasteiger partial charge is 0.377 e. The number of halogens is 2. The SMILES string of the molecule is CNCC(C)C(=O)N1CCN(CCOC(C)C)CC1.Cl.Cl. The molecule has 0 bridgehead atoms. The Labute approximate surface area is 141 Å². The van der Waals surface area contributed by atoms with Crippen LogP contribution in [0.2, 0.25) is 0 Å². The van der Waals surface area contributed by atoms with Gasteiger partial charge in [0.25, 0.3) is 0 Å². The highest BCUT2D eigenvalue weighted by atomic mass is 35.5. The molecule has 1 heterocycles. The summed E-state index contributed by atoms with van der Waals surface area (Å²) in [6.07, 6.45) is 0.297. The standard InChI is InChI=1S/C14H29N3O2.2ClH/c1-12(2)19-10-9-16-5-7-17(8-6-16)14(18)13(3)11-15-4;;/h12-13,15H,5-11H2,1-4H3;2*1H. The molecule has 0 aliphatic carbocycles. The van der Waals surface area contributed by atoms with Gasteiger partial charge < -0.3 is 15.0 Å². The van der Waals surface area contributed by atoms with Crippen LogP contribution in [0.5, 0.6) is 0 Å². The molecule has 1 aliphatic rings. The topological polar surface area (TPSA) is 44.8 Å². The fourth-order valence-corrected chi connectivity index (χ4v) is 2.31. The van der Waals surface area contributed by atoms with Crippen LogP contribution >= 0.6 is 24.8 Å². The second kappa shape index (κ2) is 12.5. The summed E-state index contributed by atoms with van der Waals surface area (Å²) in [6.45, 7) is 12.2. The van der Waals surface area contributed by atoms with Crippen molar-refractivity contribution < 1.29 is 9.53 Å². The fourth-order valence-electron chi connectivity index (χ4n) is 2.31. The molecule has 1 saturated heterocycles. The molecule has 1 unspecified atom stereocenters. The fraction of sp³-hybridized carbons (Fsp3) is 0.929. The second-order valence-corrected chi connectivity index (χ2v) is 5.55. The average molecular weight is 344 g/mol. The van der Waals surface area contributed by atoms with Gasteiger partial charge in [-0.25, -0.2) is 0 Å². The van der Waals surface area contributed by atoms with Crippen LogP contribution in [0.4, 0.5) is 0 Å². The summed E-state index contributed by atoms with van der Waals surface area (Å²) in [5.41, 5.74) is 0. The van der Waals surface area contributed by atoms with E-state index < -0.39 is 0 Å². The van der Waals surface area contributed by atoms with Crippen LogP contribution in [0.3, 0.4) is 0 Å². The molecule has 0 aromatic rings. The minimum Gasteiger partial charge on any atom is -0.377 e. The van der Waals surface area contributed by atoms with Crippen LogP contribution in [-0.2, 0) is 9.53 Å². The molecule has 0 aromatic heterocycles. The molecule has 5 nitrogen and oxygen atoms in total. The molecule has 1 aliphatic heterocycles. The highest BCUT2D eigenvalue weighted by Crippen LogP contribution is 2.07. The number of carbonyl (C=O) groups excluding carboxylic acids is 1. The summed E-state index contributed by atoms with van der Waals surface area (Å²) in [5, 5.41) is 3.06. The Hall–Kier alpha value is -0.0700. The maximum atomic E-state index is 12.1. The zero-order valence-electron chi connectivity index (χ0n) is 13.6. The van der Waals surface area contributed by atoms with Crippen molar-refractivity contribution in [3.05, 3.63) is 0 Å². The van der Waals surface area contributed by atoms with Gasteiger partial charge in [0.15, 0.2) is 0 Å². The molecule has 7 heteroatoms. The zero-order valence-corrected chi connectivity index (χ0v) is 15.3. The Morgan fingerprint density at radius 3 is 2.19 bits per heavy atom. The minimum absolute atomic E-state index is 0. The van der Waals surface area contributed by atoms with E-state index in [4.69, 9.17) is 4.74 Å². The molecule has 1 atom stereocenters. The van der Waals surface area contributed by atoms with Crippen molar-refractivity contribution in [3.8, 4) is 0 Å². The van der Waals surface area contributed by atoms with Gasteiger partial charge in [-0.3, -0.25) is 9.69 Å². The molecular formula is C14H31Cl2N3O2. The van der Waals surface area contributed by atoms with Crippen LogP contribution in [0.15, 0.2) is 0 Å². The predicted molar refractivity (Wildman–Crippen MR) is 91.7 cm³/mol. The molecule has 128 valence electrons. The monoisotopic (exact) mass is 343 g/mol. The van der Waals surface area contributed by atoms with Crippen LogP contribution in [0.25, 0.3) is 0 Å². The molecule has 0 radical (unpaired) electrons. The third kappa shape index (κ3) is 8.83. The highest BCUT2D eigenvalue weighted by molar-refractivity contribution is 5.85. The number of nitrogens with zero attached hydrogens (tertiary/aromatic N) is 2. The van der Waals surface area contributed by atoms with Gasteiger partial charge in [0.2, 0.25) is 5.91 Å². The van der Waals surface area contributed by atoms with E-state index in [9.17, 15) is 4.79 Å². The Balaban J connectivity index is 0. The van der Waals surface area contributed by atoms with E-state index in [1.54, 1.807) is 0 Å². The van der Waals surface area contributed by atoms with Gasteiger partial charge in [-0.1, -0.05) is 6.92 Å². The van der Waals surface area contributed by atoms with Gasteiger partial charge >= 0.3 is 0 Å². The highest BCUT2D eigenvalue weighted by Gasteiger charge is 2.24. The first kappa shape index (κ1) is 23.2. The van der Waals surface area contributed by atoms with Crippen LogP contribution < -0.4 is 5.32 Å². The Morgan fingerprint density at radius 1 is 1.14 bits per heavy atom. The van der Waals surface area contributed by atoms with Crippen molar-refractivity contribution in [2.24, 2.45) is 5.92 Å². The second-order valence-electron chi connectivity index (χ2n) is 5.55. The molecule has 21 heavy (non-hydrogen) atoms. The predicted octanol–water partition coefficient (Wildman–Crippen LogP) is 1.25. The number of hydrogen-bond acceptors (Lipinski definition) is 4. The lowest BCUT2D eigenvalue weighted by molar-refractivity contribution is -0.136. The summed E-state index contributed by atoms with van der Waals surface area (Å²) in [5.74, 6) is 0.341. The summed E-state index contributed by atoms with van der Waals surface area (Å²) in [6, 6.07) is 0. The van der Waals surface area contributed by atoms with Gasteiger partial charge in [-0.05, 0) is 20.9 Å². The maximum Gasteiger partial charge on any atom is 0.226 e. The van der Waals surface area contributed by atoms with E-state index in [-0.39, 0.29) is 36.6 Å². The van der Waals surface area contributed by atoms with E-state index in [0.717, 1.165) is 45.9 Å². The van der Waals surface area contributed by atoms with Crippen molar-refractivity contribution in [2.75, 3.05) is 52.9 Å². The third-order valence-corrected chi connectivity index (χ3v) is 3.47. The lowest BCUT2D eigenvalue weighted by Gasteiger charge is -2.36. The normalized spacial score (nSPS) is 17.1. The van der Waals surface area contributed by atoms with Crippen molar-refractivity contribution in [3.63, 3.8) is 0 Å². The summed E-state index contributed by atoms with van der Waals surface area (Å²) in [7, 11) is 1.89. The Bertz CT molecular complexity index is 273. The van der Waals surface area contributed by atoms with Crippen molar-refractivity contribution >= 4 is 30.7 Å². The minimum atomic E-state index is 0. The van der Waals surface area contributed by atoms with Crippen molar-refractivity contribution in [1.29, 1.82) is 0 Å². The van der Waals surface area contributed by atoms with Crippen molar-refractivity contribution in [1.82, 2.24) is 15.1 Å². The van der Waals surface area contributed by atoms with Gasteiger partial charge in [0, 0.05) is 45.2 Å². The summed E-state index contributed by atoms with van der Waals surface area (Å²) < 4.78 is 5.56. The molecule has 0 saturated carbocycles. The van der Waals surface area contributed by atoms with E-state index in [1.165, 1.54) is 0 Å². The Morgan fingerprint density at radius 2 is 1.71 bits per heavy atom. The molecule has 0 spiro atoms. The first-order valence-corrected chi connectivity index (χ1v) is 7.32. The third-order valence-electron chi connectivity index (χ3n) is 3.47. The molecular weight excluding hydrogens is 313 g/mol. The maximum absolute atomic E-state index is 12.1. The van der Waals surface area contributed by atoms with E-state index >= 15 is 0 Å². The smallest absolute Gasteiger partial charge is 0.226 e. The van der Waals surface area contributed by atoms with E-state index in [2.05, 4.69) is 24.1 Å². The molecule has 1 amide bonds. The molecule has 1 fully saturated rings. The lowest BCUT2D eigenvalue weighted by atomic mass is 10.1. The first-order chi connectivity index (χ1) is 9.04. The molecule has 0 aromatic carbocycles. The van der Waals surface area contributed by atoms with Gasteiger partial charge in [0.05, 0.1) is 12.7 Å². The first-order valence-electron chi connectivity index (χ1n) is 7.32. The average Bonchev–Trinajstić information content (AvgIpc) is 2.38. The van der Waals surface area contributed by atoms with Gasteiger partial charge in [0.1, 0.15) is 0 Å². The van der Waals surface area contributed by atoms with Crippen molar-refractivity contribution in [2.45, 2.75) is 26.9 Å². The Kier molecular flexibility index (Phi) is 13.8. The number of carbonyl (C=O) groups is 1. The number of rotatable bonds is 7. The van der Waals surface area contributed by atoms with E-state index in [1.807, 2.05) is 18.9 Å². The van der Waals surface area contributed by atoms with Gasteiger partial charge in [-0.2, -0.15) is 0 Å². The number of piperazine rings is 1. The lowest BCUT2D eigenvalue weighted by Crippen LogP contribution is -2.51. The van der Waals surface area contributed by atoms with Gasteiger partial charge in [-0.15, -0.1) is 24.8 Å². The number of nitrogens with one attached hydrogen (secondary N) is 1. The zero-order chi connectivity index (χ0) is 14.3. The quantitative estimate of drug-likeness (QED) is 0.755. The number of ether oxygens (including phenoxy) is 1. The summed E-state index contributed by atoms with van der Waals surface area (Å²) >= 11 is 0. The van der Waals surface area contributed by atoms with E-state index in [0.29, 0.717) is 6.10 Å². The van der Waals surface area contributed by atoms with Crippen LogP contribution in [0.1, 0.15) is 20.8 Å². The number of amides is 1. The molecule has 1 rings (SSSR count). The molecule has 1 N–H and O–H groups in total.